The SMILES string of the molecule is CC(CON)c1cn[nH]c1[N+](=O)[O-]. The second kappa shape index (κ2) is 3.97. The van der Waals surface area contributed by atoms with Gasteiger partial charge in [0.15, 0.2) is 0 Å². The molecule has 3 N–H and O–H groups in total. The van der Waals surface area contributed by atoms with Crippen molar-refractivity contribution < 1.29 is 9.76 Å². The van der Waals surface area contributed by atoms with Crippen LogP contribution in [0.4, 0.5) is 5.82 Å². The molecule has 1 atom stereocenters. The first-order valence-corrected chi connectivity index (χ1v) is 3.66. The van der Waals surface area contributed by atoms with Gasteiger partial charge in [-0.1, -0.05) is 12.0 Å². The lowest BCUT2D eigenvalue weighted by Crippen LogP contribution is -2.09. The smallest absolute Gasteiger partial charge is 0.346 e. The van der Waals surface area contributed by atoms with Crippen LogP contribution in [-0.4, -0.2) is 21.7 Å². The lowest BCUT2D eigenvalue weighted by molar-refractivity contribution is -0.390. The molecule has 13 heavy (non-hydrogen) atoms. The van der Waals surface area contributed by atoms with E-state index in [9.17, 15) is 10.1 Å². The number of rotatable bonds is 4. The molecule has 1 heterocycles. The van der Waals surface area contributed by atoms with Crippen LogP contribution in [0.25, 0.3) is 0 Å². The molecule has 0 saturated carbocycles. The van der Waals surface area contributed by atoms with Crippen molar-refractivity contribution in [2.24, 2.45) is 5.90 Å². The molecule has 0 aliphatic carbocycles. The van der Waals surface area contributed by atoms with Gasteiger partial charge in [0.05, 0.1) is 18.4 Å². The van der Waals surface area contributed by atoms with Crippen molar-refractivity contribution in [3.05, 3.63) is 21.9 Å². The zero-order valence-electron chi connectivity index (χ0n) is 7.06. The van der Waals surface area contributed by atoms with Crippen molar-refractivity contribution in [3.8, 4) is 0 Å². The van der Waals surface area contributed by atoms with Crippen molar-refractivity contribution >= 4 is 5.82 Å². The van der Waals surface area contributed by atoms with Gasteiger partial charge < -0.3 is 15.0 Å². The van der Waals surface area contributed by atoms with E-state index in [1.165, 1.54) is 6.20 Å². The van der Waals surface area contributed by atoms with E-state index >= 15 is 0 Å². The Morgan fingerprint density at radius 2 is 2.62 bits per heavy atom. The molecule has 0 bridgehead atoms. The Morgan fingerprint density at radius 1 is 1.92 bits per heavy atom. The van der Waals surface area contributed by atoms with Crippen molar-refractivity contribution in [1.29, 1.82) is 0 Å². The molecular weight excluding hydrogens is 176 g/mol. The van der Waals surface area contributed by atoms with Gasteiger partial charge in [0.2, 0.25) is 0 Å². The van der Waals surface area contributed by atoms with Crippen LogP contribution >= 0.6 is 0 Å². The third kappa shape index (κ3) is 2.01. The van der Waals surface area contributed by atoms with E-state index < -0.39 is 4.92 Å². The molecule has 72 valence electrons. The summed E-state index contributed by atoms with van der Waals surface area (Å²) in [4.78, 5) is 14.3. The highest BCUT2D eigenvalue weighted by atomic mass is 16.6. The number of nitrogens with two attached hydrogens (primary N) is 1. The highest BCUT2D eigenvalue weighted by Gasteiger charge is 2.20. The van der Waals surface area contributed by atoms with E-state index in [1.54, 1.807) is 6.92 Å². The first kappa shape index (κ1) is 9.62. The summed E-state index contributed by atoms with van der Waals surface area (Å²) in [5.74, 6) is 4.61. The summed E-state index contributed by atoms with van der Waals surface area (Å²) in [6.07, 6.45) is 1.40. The minimum Gasteiger partial charge on any atom is -0.358 e. The Morgan fingerprint density at radius 3 is 3.15 bits per heavy atom. The van der Waals surface area contributed by atoms with Crippen molar-refractivity contribution in [2.75, 3.05) is 6.61 Å². The second-order valence-electron chi connectivity index (χ2n) is 2.67. The van der Waals surface area contributed by atoms with Gasteiger partial charge in [-0.05, 0) is 4.92 Å². The average molecular weight is 186 g/mol. The van der Waals surface area contributed by atoms with Gasteiger partial charge in [-0.15, -0.1) is 5.10 Å². The number of nitro groups is 1. The third-order valence-electron chi connectivity index (χ3n) is 1.71. The molecule has 0 aliphatic heterocycles. The predicted octanol–water partition coefficient (Wildman–Crippen LogP) is 0.312. The fourth-order valence-electron chi connectivity index (χ4n) is 1.03. The van der Waals surface area contributed by atoms with E-state index in [0.717, 1.165) is 0 Å². The highest BCUT2D eigenvalue weighted by Crippen LogP contribution is 2.23. The van der Waals surface area contributed by atoms with Crippen LogP contribution in [0.2, 0.25) is 0 Å². The molecule has 1 aromatic heterocycles. The number of aromatic nitrogens is 2. The molecule has 1 unspecified atom stereocenters. The summed E-state index contributed by atoms with van der Waals surface area (Å²) in [5, 5.41) is 16.3. The van der Waals surface area contributed by atoms with Crippen molar-refractivity contribution in [2.45, 2.75) is 12.8 Å². The van der Waals surface area contributed by atoms with E-state index in [1.807, 2.05) is 0 Å². The van der Waals surface area contributed by atoms with Crippen LogP contribution in [-0.2, 0) is 4.84 Å². The topological polar surface area (TPSA) is 107 Å². The molecule has 0 amide bonds. The summed E-state index contributed by atoms with van der Waals surface area (Å²) in [7, 11) is 0. The quantitative estimate of drug-likeness (QED) is 0.519. The summed E-state index contributed by atoms with van der Waals surface area (Å²) in [6.45, 7) is 1.99. The Labute approximate surface area is 74.0 Å². The van der Waals surface area contributed by atoms with Gasteiger partial charge in [-0.3, -0.25) is 0 Å². The largest absolute Gasteiger partial charge is 0.358 e. The number of H-pyrrole nitrogens is 1. The minimum atomic E-state index is -0.519. The van der Waals surface area contributed by atoms with E-state index in [-0.39, 0.29) is 18.3 Å². The minimum absolute atomic E-state index is 0.107. The Bertz CT molecular complexity index is 298. The summed E-state index contributed by atoms with van der Waals surface area (Å²) < 4.78 is 0. The van der Waals surface area contributed by atoms with Gasteiger partial charge in [0, 0.05) is 5.92 Å². The van der Waals surface area contributed by atoms with Crippen molar-refractivity contribution in [1.82, 2.24) is 10.2 Å². The van der Waals surface area contributed by atoms with E-state index in [2.05, 4.69) is 15.0 Å². The predicted molar refractivity (Wildman–Crippen MR) is 43.8 cm³/mol. The molecule has 0 saturated heterocycles. The normalized spacial score (nSPS) is 12.8. The summed E-state index contributed by atoms with van der Waals surface area (Å²) in [5.41, 5.74) is 0.496. The zero-order chi connectivity index (χ0) is 9.84. The lowest BCUT2D eigenvalue weighted by atomic mass is 10.1. The molecule has 0 aromatic carbocycles. The van der Waals surface area contributed by atoms with Gasteiger partial charge in [-0.25, -0.2) is 5.90 Å². The number of hydrogen-bond acceptors (Lipinski definition) is 5. The van der Waals surface area contributed by atoms with Gasteiger partial charge in [0.25, 0.3) is 0 Å². The van der Waals surface area contributed by atoms with Gasteiger partial charge in [-0.2, -0.15) is 0 Å². The number of nitrogens with zero attached hydrogens (tertiary/aromatic N) is 2. The third-order valence-corrected chi connectivity index (χ3v) is 1.71. The maximum atomic E-state index is 10.5. The van der Waals surface area contributed by atoms with Crippen LogP contribution < -0.4 is 5.90 Å². The maximum Gasteiger partial charge on any atom is 0.346 e. The first-order valence-electron chi connectivity index (χ1n) is 3.66. The molecule has 0 aliphatic rings. The highest BCUT2D eigenvalue weighted by molar-refractivity contribution is 5.32. The molecule has 7 nitrogen and oxygen atoms in total. The monoisotopic (exact) mass is 186 g/mol. The molecular formula is C6H10N4O3. The van der Waals surface area contributed by atoms with Gasteiger partial charge >= 0.3 is 5.82 Å². The zero-order valence-corrected chi connectivity index (χ0v) is 7.06. The Hall–Kier alpha value is -1.47. The molecule has 0 spiro atoms. The molecule has 0 radical (unpaired) electrons. The molecule has 7 heteroatoms. The lowest BCUT2D eigenvalue weighted by Gasteiger charge is -2.05. The fraction of sp³-hybridized carbons (Fsp3) is 0.500. The maximum absolute atomic E-state index is 10.5. The van der Waals surface area contributed by atoms with Gasteiger partial charge in [0.1, 0.15) is 0 Å². The standard InChI is InChI=1S/C6H10N4O3/c1-4(3-13-7)5-2-8-9-6(5)10(11)12/h2,4H,3,7H2,1H3,(H,8,9). The summed E-state index contributed by atoms with van der Waals surface area (Å²) >= 11 is 0. The van der Waals surface area contributed by atoms with Crippen LogP contribution in [0.3, 0.4) is 0 Å². The van der Waals surface area contributed by atoms with E-state index in [0.29, 0.717) is 5.56 Å². The summed E-state index contributed by atoms with van der Waals surface area (Å²) in [6, 6.07) is 0. The number of hydrogen-bond donors (Lipinski definition) is 2. The fourth-order valence-corrected chi connectivity index (χ4v) is 1.03. The molecule has 0 fully saturated rings. The number of nitrogens with one attached hydrogen (secondary N) is 1. The van der Waals surface area contributed by atoms with Crippen LogP contribution in [0.1, 0.15) is 18.4 Å². The van der Waals surface area contributed by atoms with Crippen LogP contribution in [0.5, 0.6) is 0 Å². The first-order chi connectivity index (χ1) is 6.16. The van der Waals surface area contributed by atoms with Crippen LogP contribution in [0, 0.1) is 10.1 Å². The average Bonchev–Trinajstić information content (AvgIpc) is 2.52. The van der Waals surface area contributed by atoms with Crippen LogP contribution in [0.15, 0.2) is 6.20 Å². The molecule has 1 rings (SSSR count). The molecule has 1 aromatic rings. The Balaban J connectivity index is 2.86. The van der Waals surface area contributed by atoms with E-state index in [4.69, 9.17) is 5.90 Å². The van der Waals surface area contributed by atoms with Crippen molar-refractivity contribution in [3.63, 3.8) is 0 Å². The Kier molecular flexibility index (Phi) is 2.93. The second-order valence-corrected chi connectivity index (χ2v) is 2.67. The number of aromatic amines is 1.